The minimum Gasteiger partial charge on any atom is -0.371 e. The second-order valence-corrected chi connectivity index (χ2v) is 5.54. The third-order valence-corrected chi connectivity index (χ3v) is 3.98. The van der Waals surface area contributed by atoms with Crippen LogP contribution < -0.4 is 5.32 Å². The number of benzene rings is 1. The van der Waals surface area contributed by atoms with Crippen molar-refractivity contribution in [1.29, 1.82) is 0 Å². The molecule has 124 valence electrons. The summed E-state index contributed by atoms with van der Waals surface area (Å²) in [6, 6.07) is 2.97. The highest BCUT2D eigenvalue weighted by atomic mass is 19.1. The fraction of sp³-hybridized carbons (Fsp3) is 0.467. The number of imide groups is 1. The summed E-state index contributed by atoms with van der Waals surface area (Å²) >= 11 is 0. The Bertz CT molecular complexity index is 626. The fourth-order valence-corrected chi connectivity index (χ4v) is 2.78. The lowest BCUT2D eigenvalue weighted by Gasteiger charge is -2.33. The van der Waals surface area contributed by atoms with E-state index in [9.17, 15) is 18.4 Å². The van der Waals surface area contributed by atoms with Crippen molar-refractivity contribution in [3.05, 3.63) is 35.4 Å². The SMILES string of the molecule is O=C(CN1CCOC(c2ccc(F)cc2F)C1)N1CCNC1=O. The number of morpholine rings is 1. The molecule has 2 aliphatic rings. The molecule has 0 aromatic heterocycles. The van der Waals surface area contributed by atoms with Crippen LogP contribution in [0, 0.1) is 11.6 Å². The Morgan fingerprint density at radius 1 is 1.35 bits per heavy atom. The molecule has 0 spiro atoms. The molecule has 2 fully saturated rings. The number of nitrogens with one attached hydrogen (secondary N) is 1. The van der Waals surface area contributed by atoms with E-state index in [1.807, 2.05) is 4.90 Å². The van der Waals surface area contributed by atoms with E-state index in [1.165, 1.54) is 17.0 Å². The lowest BCUT2D eigenvalue weighted by atomic mass is 10.1. The van der Waals surface area contributed by atoms with E-state index < -0.39 is 17.7 Å². The number of nitrogens with zero attached hydrogens (tertiary/aromatic N) is 2. The highest BCUT2D eigenvalue weighted by Crippen LogP contribution is 2.25. The van der Waals surface area contributed by atoms with E-state index in [-0.39, 0.29) is 24.0 Å². The van der Waals surface area contributed by atoms with E-state index in [4.69, 9.17) is 4.74 Å². The monoisotopic (exact) mass is 325 g/mol. The summed E-state index contributed by atoms with van der Waals surface area (Å²) in [5.74, 6) is -1.60. The molecule has 3 rings (SSSR count). The van der Waals surface area contributed by atoms with Crippen LogP contribution in [0.15, 0.2) is 18.2 Å². The molecule has 1 aromatic carbocycles. The standard InChI is InChI=1S/C15H17F2N3O3/c16-10-1-2-11(12(17)7-10)13-8-19(5-6-23-13)9-14(21)20-4-3-18-15(20)22/h1-2,7,13H,3-6,8-9H2,(H,18,22). The summed E-state index contributed by atoms with van der Waals surface area (Å²) in [4.78, 5) is 26.6. The van der Waals surface area contributed by atoms with E-state index >= 15 is 0 Å². The molecule has 1 unspecified atom stereocenters. The maximum Gasteiger partial charge on any atom is 0.324 e. The summed E-state index contributed by atoms with van der Waals surface area (Å²) in [6.07, 6.45) is -0.565. The maximum atomic E-state index is 13.9. The molecule has 23 heavy (non-hydrogen) atoms. The van der Waals surface area contributed by atoms with Crippen molar-refractivity contribution < 1.29 is 23.1 Å². The van der Waals surface area contributed by atoms with Crippen LogP contribution in [0.25, 0.3) is 0 Å². The number of halogens is 2. The Morgan fingerprint density at radius 3 is 2.87 bits per heavy atom. The van der Waals surface area contributed by atoms with Gasteiger partial charge in [-0.05, 0) is 6.07 Å². The van der Waals surface area contributed by atoms with Crippen molar-refractivity contribution in [3.63, 3.8) is 0 Å². The van der Waals surface area contributed by atoms with Gasteiger partial charge in [0.25, 0.3) is 0 Å². The number of urea groups is 1. The summed E-state index contributed by atoms with van der Waals surface area (Å²) in [5.41, 5.74) is 0.266. The van der Waals surface area contributed by atoms with Gasteiger partial charge < -0.3 is 10.1 Å². The summed E-state index contributed by atoms with van der Waals surface area (Å²) in [7, 11) is 0. The van der Waals surface area contributed by atoms with E-state index in [0.29, 0.717) is 32.8 Å². The van der Waals surface area contributed by atoms with Gasteiger partial charge in [0.1, 0.15) is 11.6 Å². The number of carbonyl (C=O) groups excluding carboxylic acids is 2. The minimum absolute atomic E-state index is 0.0656. The zero-order valence-electron chi connectivity index (χ0n) is 12.4. The third kappa shape index (κ3) is 3.48. The summed E-state index contributed by atoms with van der Waals surface area (Å²) in [5, 5.41) is 2.57. The van der Waals surface area contributed by atoms with Crippen LogP contribution in [0.3, 0.4) is 0 Å². The normalized spacial score (nSPS) is 22.3. The number of hydrogen-bond donors (Lipinski definition) is 1. The predicted octanol–water partition coefficient (Wildman–Crippen LogP) is 0.890. The molecule has 2 heterocycles. The van der Waals surface area contributed by atoms with Crippen LogP contribution in [0.2, 0.25) is 0 Å². The lowest BCUT2D eigenvalue weighted by molar-refractivity contribution is -0.130. The molecule has 1 atom stereocenters. The number of carbonyl (C=O) groups is 2. The molecule has 2 aliphatic heterocycles. The molecule has 8 heteroatoms. The molecule has 2 saturated heterocycles. The highest BCUT2D eigenvalue weighted by Gasteiger charge is 2.30. The molecule has 0 saturated carbocycles. The molecule has 0 radical (unpaired) electrons. The zero-order chi connectivity index (χ0) is 16.4. The molecular formula is C15H17F2N3O3. The highest BCUT2D eigenvalue weighted by molar-refractivity contribution is 5.96. The first kappa shape index (κ1) is 15.8. The zero-order valence-corrected chi connectivity index (χ0v) is 12.4. The van der Waals surface area contributed by atoms with Crippen molar-refractivity contribution in [1.82, 2.24) is 15.1 Å². The average Bonchev–Trinajstić information content (AvgIpc) is 2.94. The Morgan fingerprint density at radius 2 is 2.17 bits per heavy atom. The van der Waals surface area contributed by atoms with Gasteiger partial charge in [-0.15, -0.1) is 0 Å². The van der Waals surface area contributed by atoms with E-state index in [0.717, 1.165) is 6.07 Å². The minimum atomic E-state index is -0.665. The Hall–Kier alpha value is -2.06. The Labute approximate surface area is 132 Å². The Balaban J connectivity index is 1.64. The van der Waals surface area contributed by atoms with Crippen molar-refractivity contribution in [2.24, 2.45) is 0 Å². The second-order valence-electron chi connectivity index (χ2n) is 5.54. The van der Waals surface area contributed by atoms with Gasteiger partial charge in [0.2, 0.25) is 5.91 Å². The van der Waals surface area contributed by atoms with Crippen molar-refractivity contribution >= 4 is 11.9 Å². The second kappa shape index (κ2) is 6.59. The molecule has 3 amide bonds. The van der Waals surface area contributed by atoms with Gasteiger partial charge in [0, 0.05) is 37.8 Å². The first-order chi connectivity index (χ1) is 11.0. The summed E-state index contributed by atoms with van der Waals surface area (Å²) in [6.45, 7) is 2.04. The lowest BCUT2D eigenvalue weighted by Crippen LogP contribution is -2.46. The largest absolute Gasteiger partial charge is 0.371 e. The van der Waals surface area contributed by atoms with E-state index in [2.05, 4.69) is 5.32 Å². The molecule has 6 nitrogen and oxygen atoms in total. The van der Waals surface area contributed by atoms with E-state index in [1.54, 1.807) is 0 Å². The smallest absolute Gasteiger partial charge is 0.324 e. The topological polar surface area (TPSA) is 61.9 Å². The van der Waals surface area contributed by atoms with Crippen molar-refractivity contribution in [2.45, 2.75) is 6.10 Å². The van der Waals surface area contributed by atoms with Gasteiger partial charge in [-0.3, -0.25) is 14.6 Å². The van der Waals surface area contributed by atoms with Crippen molar-refractivity contribution in [3.8, 4) is 0 Å². The van der Waals surface area contributed by atoms with Gasteiger partial charge in [0.15, 0.2) is 0 Å². The number of hydrogen-bond acceptors (Lipinski definition) is 4. The molecular weight excluding hydrogens is 308 g/mol. The van der Waals surface area contributed by atoms with Crippen molar-refractivity contribution in [2.75, 3.05) is 39.3 Å². The quantitative estimate of drug-likeness (QED) is 0.897. The predicted molar refractivity (Wildman–Crippen MR) is 76.6 cm³/mol. The number of rotatable bonds is 3. The maximum absolute atomic E-state index is 13.9. The number of ether oxygens (including phenoxy) is 1. The van der Waals surface area contributed by atoms with Crippen LogP contribution in [-0.4, -0.2) is 61.1 Å². The van der Waals surface area contributed by atoms with Crippen LogP contribution in [0.5, 0.6) is 0 Å². The van der Waals surface area contributed by atoms with Gasteiger partial charge in [-0.1, -0.05) is 6.07 Å². The van der Waals surface area contributed by atoms with Crippen LogP contribution in [0.4, 0.5) is 13.6 Å². The Kier molecular flexibility index (Phi) is 4.53. The molecule has 0 aliphatic carbocycles. The van der Waals surface area contributed by atoms with Gasteiger partial charge >= 0.3 is 6.03 Å². The third-order valence-electron chi connectivity index (χ3n) is 3.98. The fourth-order valence-electron chi connectivity index (χ4n) is 2.78. The molecule has 1 N–H and O–H groups in total. The first-order valence-corrected chi connectivity index (χ1v) is 7.41. The number of amides is 3. The van der Waals surface area contributed by atoms with Gasteiger partial charge in [-0.25, -0.2) is 13.6 Å². The molecule has 0 bridgehead atoms. The average molecular weight is 325 g/mol. The van der Waals surface area contributed by atoms with Gasteiger partial charge in [0.05, 0.1) is 19.3 Å². The van der Waals surface area contributed by atoms with Crippen LogP contribution >= 0.6 is 0 Å². The van der Waals surface area contributed by atoms with Gasteiger partial charge in [-0.2, -0.15) is 0 Å². The summed E-state index contributed by atoms with van der Waals surface area (Å²) < 4.78 is 32.4. The van der Waals surface area contributed by atoms with Crippen LogP contribution in [0.1, 0.15) is 11.7 Å². The van der Waals surface area contributed by atoms with Crippen LogP contribution in [-0.2, 0) is 9.53 Å². The molecule has 1 aromatic rings. The first-order valence-electron chi connectivity index (χ1n) is 7.41.